The van der Waals surface area contributed by atoms with E-state index in [-0.39, 0.29) is 12.5 Å². The molecule has 3 nitrogen and oxygen atoms in total. The number of amides is 1. The molecule has 1 aromatic rings. The van der Waals surface area contributed by atoms with Crippen molar-refractivity contribution in [1.82, 2.24) is 4.90 Å². The summed E-state index contributed by atoms with van der Waals surface area (Å²) < 4.78 is 1.02. The first kappa shape index (κ1) is 13.9. The van der Waals surface area contributed by atoms with Gasteiger partial charge < -0.3 is 10.0 Å². The van der Waals surface area contributed by atoms with Gasteiger partial charge in [-0.25, -0.2) is 0 Å². The van der Waals surface area contributed by atoms with Crippen LogP contribution in [0.15, 0.2) is 33.6 Å². The molecule has 18 heavy (non-hydrogen) atoms. The third-order valence-electron chi connectivity index (χ3n) is 2.81. The summed E-state index contributed by atoms with van der Waals surface area (Å²) in [6, 6.07) is 8.30. The number of nitrogens with zero attached hydrogens (tertiary/aromatic N) is 1. The van der Waals surface area contributed by atoms with Crippen LogP contribution in [0, 0.1) is 0 Å². The highest BCUT2D eigenvalue weighted by Gasteiger charge is 2.31. The molecule has 1 fully saturated rings. The predicted octanol–water partition coefficient (Wildman–Crippen LogP) is 2.52. The van der Waals surface area contributed by atoms with E-state index in [2.05, 4.69) is 15.9 Å². The van der Waals surface area contributed by atoms with Crippen molar-refractivity contribution in [2.45, 2.75) is 23.8 Å². The van der Waals surface area contributed by atoms with E-state index in [1.54, 1.807) is 0 Å². The Morgan fingerprint density at radius 3 is 2.89 bits per heavy atom. The summed E-state index contributed by atoms with van der Waals surface area (Å²) in [6.07, 6.45) is 2.15. The van der Waals surface area contributed by atoms with Crippen molar-refractivity contribution < 1.29 is 9.90 Å². The lowest BCUT2D eigenvalue weighted by molar-refractivity contribution is -0.129. The SMILES string of the molecule is O=C(CSc1cccc(Br)c1)N(CCO)C1CC1. The molecule has 0 atom stereocenters. The van der Waals surface area contributed by atoms with E-state index in [4.69, 9.17) is 5.11 Å². The van der Waals surface area contributed by atoms with Crippen molar-refractivity contribution in [3.8, 4) is 0 Å². The Morgan fingerprint density at radius 2 is 2.28 bits per heavy atom. The lowest BCUT2D eigenvalue weighted by Crippen LogP contribution is -2.36. The van der Waals surface area contributed by atoms with Gasteiger partial charge in [0.15, 0.2) is 0 Å². The number of thioether (sulfide) groups is 1. The van der Waals surface area contributed by atoms with Gasteiger partial charge in [0.1, 0.15) is 0 Å². The highest BCUT2D eigenvalue weighted by Crippen LogP contribution is 2.28. The van der Waals surface area contributed by atoms with Gasteiger partial charge in [-0.2, -0.15) is 0 Å². The Labute approximate surface area is 120 Å². The van der Waals surface area contributed by atoms with E-state index in [0.717, 1.165) is 22.2 Å². The highest BCUT2D eigenvalue weighted by atomic mass is 79.9. The van der Waals surface area contributed by atoms with Gasteiger partial charge in [-0.3, -0.25) is 4.79 Å². The minimum absolute atomic E-state index is 0.0454. The molecule has 1 aliphatic carbocycles. The van der Waals surface area contributed by atoms with Crippen molar-refractivity contribution >= 4 is 33.6 Å². The van der Waals surface area contributed by atoms with Crippen LogP contribution >= 0.6 is 27.7 Å². The van der Waals surface area contributed by atoms with E-state index in [0.29, 0.717) is 18.3 Å². The van der Waals surface area contributed by atoms with Crippen LogP contribution in [-0.2, 0) is 4.79 Å². The summed E-state index contributed by atoms with van der Waals surface area (Å²) >= 11 is 4.95. The van der Waals surface area contributed by atoms with Crippen molar-refractivity contribution in [3.05, 3.63) is 28.7 Å². The van der Waals surface area contributed by atoms with Gasteiger partial charge in [-0.1, -0.05) is 22.0 Å². The number of halogens is 1. The number of aliphatic hydroxyl groups excluding tert-OH is 1. The van der Waals surface area contributed by atoms with Crippen molar-refractivity contribution in [2.24, 2.45) is 0 Å². The first-order valence-electron chi connectivity index (χ1n) is 5.99. The standard InChI is InChI=1S/C13H16BrNO2S/c14-10-2-1-3-12(8-10)18-9-13(17)15(6-7-16)11-4-5-11/h1-3,8,11,16H,4-7,9H2. The summed E-state index contributed by atoms with van der Waals surface area (Å²) in [4.78, 5) is 14.9. The van der Waals surface area contributed by atoms with Gasteiger partial charge >= 0.3 is 0 Å². The predicted molar refractivity (Wildman–Crippen MR) is 76.7 cm³/mol. The molecular weight excluding hydrogens is 314 g/mol. The molecule has 0 saturated heterocycles. The molecule has 5 heteroatoms. The highest BCUT2D eigenvalue weighted by molar-refractivity contribution is 9.10. The minimum atomic E-state index is 0.0454. The minimum Gasteiger partial charge on any atom is -0.395 e. The second-order valence-corrected chi connectivity index (χ2v) is 6.25. The van der Waals surface area contributed by atoms with Crippen LogP contribution in [0.4, 0.5) is 0 Å². The summed E-state index contributed by atoms with van der Waals surface area (Å²) in [7, 11) is 0. The first-order chi connectivity index (χ1) is 8.70. The van der Waals surface area contributed by atoms with Crippen LogP contribution in [0.3, 0.4) is 0 Å². The van der Waals surface area contributed by atoms with Crippen LogP contribution < -0.4 is 0 Å². The largest absolute Gasteiger partial charge is 0.395 e. The molecule has 1 N–H and O–H groups in total. The second-order valence-electron chi connectivity index (χ2n) is 4.29. The number of benzene rings is 1. The maximum absolute atomic E-state index is 12.1. The molecule has 1 aliphatic rings. The third kappa shape index (κ3) is 4.00. The van der Waals surface area contributed by atoms with E-state index in [1.165, 1.54) is 11.8 Å². The van der Waals surface area contributed by atoms with E-state index >= 15 is 0 Å². The molecule has 0 unspecified atom stereocenters. The van der Waals surface area contributed by atoms with Crippen LogP contribution in [0.2, 0.25) is 0 Å². The zero-order chi connectivity index (χ0) is 13.0. The zero-order valence-electron chi connectivity index (χ0n) is 10.0. The van der Waals surface area contributed by atoms with Crippen LogP contribution in [0.5, 0.6) is 0 Å². The maximum atomic E-state index is 12.1. The molecular formula is C13H16BrNO2S. The topological polar surface area (TPSA) is 40.5 Å². The average Bonchev–Trinajstić information content (AvgIpc) is 3.17. The van der Waals surface area contributed by atoms with Gasteiger partial charge in [0.05, 0.1) is 12.4 Å². The van der Waals surface area contributed by atoms with Crippen molar-refractivity contribution in [1.29, 1.82) is 0 Å². The molecule has 98 valence electrons. The van der Waals surface area contributed by atoms with Gasteiger partial charge in [-0.15, -0.1) is 11.8 Å². The van der Waals surface area contributed by atoms with Gasteiger partial charge in [0.25, 0.3) is 0 Å². The van der Waals surface area contributed by atoms with E-state index in [9.17, 15) is 4.79 Å². The van der Waals surface area contributed by atoms with E-state index in [1.807, 2.05) is 29.2 Å². The normalized spacial score (nSPS) is 14.6. The number of hydrogen-bond acceptors (Lipinski definition) is 3. The summed E-state index contributed by atoms with van der Waals surface area (Å²) in [5.74, 6) is 0.559. The lowest BCUT2D eigenvalue weighted by Gasteiger charge is -2.21. The molecule has 0 spiro atoms. The monoisotopic (exact) mass is 329 g/mol. The van der Waals surface area contributed by atoms with Crippen molar-refractivity contribution in [2.75, 3.05) is 18.9 Å². The molecule has 0 bridgehead atoms. The molecule has 1 amide bonds. The molecule has 0 aromatic heterocycles. The molecule has 0 heterocycles. The van der Waals surface area contributed by atoms with Crippen molar-refractivity contribution in [3.63, 3.8) is 0 Å². The fraction of sp³-hybridized carbons (Fsp3) is 0.462. The Morgan fingerprint density at radius 1 is 1.50 bits per heavy atom. The van der Waals surface area contributed by atoms with Crippen LogP contribution in [0.1, 0.15) is 12.8 Å². The lowest BCUT2D eigenvalue weighted by atomic mass is 10.4. The van der Waals surface area contributed by atoms with Gasteiger partial charge in [0, 0.05) is 22.0 Å². The molecule has 2 rings (SSSR count). The molecule has 1 saturated carbocycles. The zero-order valence-corrected chi connectivity index (χ0v) is 12.4. The van der Waals surface area contributed by atoms with Gasteiger partial charge in [-0.05, 0) is 31.0 Å². The van der Waals surface area contributed by atoms with Crippen LogP contribution in [0.25, 0.3) is 0 Å². The van der Waals surface area contributed by atoms with Crippen LogP contribution in [-0.4, -0.2) is 40.9 Å². The Hall–Kier alpha value is -0.520. The summed E-state index contributed by atoms with van der Waals surface area (Å²) in [5.41, 5.74) is 0. The fourth-order valence-electron chi connectivity index (χ4n) is 1.79. The Balaban J connectivity index is 1.86. The smallest absolute Gasteiger partial charge is 0.233 e. The molecule has 0 radical (unpaired) electrons. The molecule has 1 aromatic carbocycles. The number of aliphatic hydroxyl groups is 1. The Bertz CT molecular complexity index is 423. The third-order valence-corrected chi connectivity index (χ3v) is 4.28. The quantitative estimate of drug-likeness (QED) is 0.815. The number of rotatable bonds is 6. The molecule has 0 aliphatic heterocycles. The fourth-order valence-corrected chi connectivity index (χ4v) is 3.18. The van der Waals surface area contributed by atoms with Gasteiger partial charge in [0.2, 0.25) is 5.91 Å². The number of carbonyl (C=O) groups excluding carboxylic acids is 1. The second kappa shape index (κ2) is 6.59. The Kier molecular flexibility index (Phi) is 5.09. The maximum Gasteiger partial charge on any atom is 0.233 e. The number of hydrogen-bond donors (Lipinski definition) is 1. The number of carbonyl (C=O) groups is 1. The summed E-state index contributed by atoms with van der Waals surface area (Å²) in [5, 5.41) is 8.98. The summed E-state index contributed by atoms with van der Waals surface area (Å²) in [6.45, 7) is 0.506. The van der Waals surface area contributed by atoms with E-state index < -0.39 is 0 Å². The first-order valence-corrected chi connectivity index (χ1v) is 7.77. The average molecular weight is 330 g/mol.